The Bertz CT molecular complexity index is 1060. The minimum Gasteiger partial charge on any atom is -0.308 e. The Morgan fingerprint density at radius 3 is 2.03 bits per heavy atom. The van der Waals surface area contributed by atoms with Crippen LogP contribution in [0.15, 0.2) is 53.4 Å². The molecule has 168 valence electrons. The summed E-state index contributed by atoms with van der Waals surface area (Å²) in [6, 6.07) is 11.0. The van der Waals surface area contributed by atoms with Gasteiger partial charge in [-0.1, -0.05) is 42.0 Å². The lowest BCUT2D eigenvalue weighted by molar-refractivity contribution is -0.147. The summed E-state index contributed by atoms with van der Waals surface area (Å²) in [4.78, 5) is 2.00. The van der Waals surface area contributed by atoms with Crippen molar-refractivity contribution in [3.63, 3.8) is 0 Å². The standard InChI is InChI=1S/C22H26F3N3O2S/c1-15-5-7-16(8-6-15)19-20(17-9-11-18(12-10-17)31(4,29)30)28(14-13-27(2)3)26-21(19)22(23,24)25/h5-12,21,26H,13-14H2,1-4H3. The van der Waals surface area contributed by atoms with E-state index in [0.29, 0.717) is 29.9 Å². The number of likely N-dealkylation sites (N-methyl/N-ethyl adjacent to an activating group) is 1. The van der Waals surface area contributed by atoms with Crippen LogP contribution in [-0.4, -0.2) is 64.0 Å². The predicted octanol–water partition coefficient (Wildman–Crippen LogP) is 3.58. The molecule has 0 spiro atoms. The summed E-state index contributed by atoms with van der Waals surface area (Å²) in [5, 5.41) is 1.52. The van der Waals surface area contributed by atoms with Gasteiger partial charge in [0, 0.05) is 24.9 Å². The second-order valence-corrected chi connectivity index (χ2v) is 10.00. The smallest absolute Gasteiger partial charge is 0.308 e. The highest BCUT2D eigenvalue weighted by molar-refractivity contribution is 7.90. The average molecular weight is 454 g/mol. The summed E-state index contributed by atoms with van der Waals surface area (Å²) in [7, 11) is 0.285. The Morgan fingerprint density at radius 2 is 1.55 bits per heavy atom. The maximum atomic E-state index is 14.0. The minimum atomic E-state index is -4.51. The van der Waals surface area contributed by atoms with Crippen molar-refractivity contribution >= 4 is 21.1 Å². The van der Waals surface area contributed by atoms with E-state index in [2.05, 4.69) is 5.43 Å². The first-order valence-corrected chi connectivity index (χ1v) is 11.6. The molecule has 9 heteroatoms. The number of halogens is 3. The lowest BCUT2D eigenvalue weighted by atomic mass is 9.94. The zero-order valence-corrected chi connectivity index (χ0v) is 18.7. The molecule has 2 aromatic rings. The third kappa shape index (κ3) is 5.28. The topological polar surface area (TPSA) is 52.7 Å². The summed E-state index contributed by atoms with van der Waals surface area (Å²) < 4.78 is 65.8. The van der Waals surface area contributed by atoms with Crippen LogP contribution in [0.4, 0.5) is 13.2 Å². The molecule has 1 aliphatic heterocycles. The van der Waals surface area contributed by atoms with E-state index in [1.165, 1.54) is 17.1 Å². The van der Waals surface area contributed by atoms with Gasteiger partial charge in [0.15, 0.2) is 9.84 Å². The molecule has 0 aromatic heterocycles. The molecule has 1 unspecified atom stereocenters. The quantitative estimate of drug-likeness (QED) is 0.725. The van der Waals surface area contributed by atoms with Crippen LogP contribution in [0, 0.1) is 6.92 Å². The van der Waals surface area contributed by atoms with Crippen LogP contribution in [-0.2, 0) is 9.84 Å². The lowest BCUT2D eigenvalue weighted by Gasteiger charge is -2.26. The molecule has 5 nitrogen and oxygen atoms in total. The predicted molar refractivity (Wildman–Crippen MR) is 116 cm³/mol. The normalized spacial score (nSPS) is 17.7. The third-order valence-electron chi connectivity index (χ3n) is 5.12. The second kappa shape index (κ2) is 8.64. The van der Waals surface area contributed by atoms with Crippen LogP contribution < -0.4 is 5.43 Å². The highest BCUT2D eigenvalue weighted by Gasteiger charge is 2.49. The number of sulfone groups is 1. The molecule has 0 radical (unpaired) electrons. The summed E-state index contributed by atoms with van der Waals surface area (Å²) in [6.07, 6.45) is -3.41. The molecule has 1 N–H and O–H groups in total. The Kier molecular flexibility index (Phi) is 6.50. The number of aryl methyl sites for hydroxylation is 1. The van der Waals surface area contributed by atoms with Crippen molar-refractivity contribution in [3.8, 4) is 0 Å². The van der Waals surface area contributed by atoms with Crippen LogP contribution >= 0.6 is 0 Å². The number of hydrogen-bond donors (Lipinski definition) is 1. The Hall–Kier alpha value is -2.36. The monoisotopic (exact) mass is 453 g/mol. The lowest BCUT2D eigenvalue weighted by Crippen LogP contribution is -2.47. The molecule has 3 rings (SSSR count). The van der Waals surface area contributed by atoms with Gasteiger partial charge in [0.1, 0.15) is 6.04 Å². The van der Waals surface area contributed by atoms with Crippen LogP contribution in [0.3, 0.4) is 0 Å². The molecule has 0 saturated heterocycles. The largest absolute Gasteiger partial charge is 0.409 e. The first-order valence-electron chi connectivity index (χ1n) is 9.75. The van der Waals surface area contributed by atoms with Crippen LogP contribution in [0.25, 0.3) is 11.3 Å². The highest BCUT2D eigenvalue weighted by Crippen LogP contribution is 2.42. The SMILES string of the molecule is Cc1ccc(C2=C(c3ccc(S(C)(=O)=O)cc3)N(CCN(C)C)NC2C(F)(F)F)cc1. The van der Waals surface area contributed by atoms with Gasteiger partial charge in [-0.25, -0.2) is 13.8 Å². The molecule has 0 bridgehead atoms. The number of rotatable bonds is 6. The van der Waals surface area contributed by atoms with Gasteiger partial charge >= 0.3 is 6.18 Å². The van der Waals surface area contributed by atoms with Crippen molar-refractivity contribution in [1.29, 1.82) is 0 Å². The molecule has 1 aliphatic rings. The van der Waals surface area contributed by atoms with Crippen molar-refractivity contribution in [2.24, 2.45) is 0 Å². The highest BCUT2D eigenvalue weighted by atomic mass is 32.2. The Morgan fingerprint density at radius 1 is 1.00 bits per heavy atom. The number of nitrogens with one attached hydrogen (secondary N) is 1. The summed E-state index contributed by atoms with van der Waals surface area (Å²) in [5.41, 5.74) is 5.08. The number of benzene rings is 2. The zero-order chi connectivity index (χ0) is 23.0. The van der Waals surface area contributed by atoms with E-state index in [4.69, 9.17) is 0 Å². The first kappa shape index (κ1) is 23.3. The van der Waals surface area contributed by atoms with E-state index in [9.17, 15) is 21.6 Å². The molecule has 0 saturated carbocycles. The fourth-order valence-electron chi connectivity index (χ4n) is 3.49. The fourth-order valence-corrected chi connectivity index (χ4v) is 4.12. The average Bonchev–Trinajstić information content (AvgIpc) is 3.06. The van der Waals surface area contributed by atoms with Crippen LogP contribution in [0.2, 0.25) is 0 Å². The van der Waals surface area contributed by atoms with Crippen molar-refractivity contribution in [2.45, 2.75) is 24.0 Å². The maximum absolute atomic E-state index is 14.0. The molecule has 2 aromatic carbocycles. The minimum absolute atomic E-state index is 0.118. The molecular weight excluding hydrogens is 427 g/mol. The Labute approximate surface area is 181 Å². The molecular formula is C22H26F3N3O2S. The Balaban J connectivity index is 2.20. The van der Waals surface area contributed by atoms with Gasteiger partial charge in [-0.3, -0.25) is 0 Å². The van der Waals surface area contributed by atoms with Crippen LogP contribution in [0.5, 0.6) is 0 Å². The van der Waals surface area contributed by atoms with E-state index in [1.807, 2.05) is 25.9 Å². The first-order chi connectivity index (χ1) is 14.4. The third-order valence-corrected chi connectivity index (χ3v) is 6.24. The zero-order valence-electron chi connectivity index (χ0n) is 17.9. The van der Waals surface area contributed by atoms with Crippen molar-refractivity contribution in [1.82, 2.24) is 15.3 Å². The molecule has 1 atom stereocenters. The van der Waals surface area contributed by atoms with E-state index in [1.54, 1.807) is 36.4 Å². The van der Waals surface area contributed by atoms with Crippen molar-refractivity contribution < 1.29 is 21.6 Å². The summed E-state index contributed by atoms with van der Waals surface area (Å²) >= 11 is 0. The maximum Gasteiger partial charge on any atom is 0.409 e. The van der Waals surface area contributed by atoms with Gasteiger partial charge in [0.2, 0.25) is 0 Å². The van der Waals surface area contributed by atoms with E-state index < -0.39 is 22.1 Å². The summed E-state index contributed by atoms with van der Waals surface area (Å²) in [5.74, 6) is 0. The number of hydrazine groups is 1. The van der Waals surface area contributed by atoms with Crippen molar-refractivity contribution in [3.05, 3.63) is 65.2 Å². The molecule has 0 amide bonds. The number of hydrogen-bond acceptors (Lipinski definition) is 5. The second-order valence-electron chi connectivity index (χ2n) is 7.98. The van der Waals surface area contributed by atoms with Gasteiger partial charge in [-0.2, -0.15) is 13.2 Å². The fraction of sp³-hybridized carbons (Fsp3) is 0.364. The van der Waals surface area contributed by atoms with Crippen molar-refractivity contribution in [2.75, 3.05) is 33.4 Å². The van der Waals surface area contributed by atoms with Gasteiger partial charge in [0.25, 0.3) is 0 Å². The summed E-state index contributed by atoms with van der Waals surface area (Å²) in [6.45, 7) is 2.72. The van der Waals surface area contributed by atoms with E-state index in [-0.39, 0.29) is 10.5 Å². The molecule has 0 fully saturated rings. The van der Waals surface area contributed by atoms with E-state index in [0.717, 1.165) is 11.8 Å². The number of alkyl halides is 3. The number of nitrogens with zero attached hydrogens (tertiary/aromatic N) is 2. The van der Waals surface area contributed by atoms with Gasteiger partial charge in [0.05, 0.1) is 10.6 Å². The van der Waals surface area contributed by atoms with Gasteiger partial charge < -0.3 is 9.91 Å². The van der Waals surface area contributed by atoms with E-state index >= 15 is 0 Å². The molecule has 0 aliphatic carbocycles. The van der Waals surface area contributed by atoms with Gasteiger partial charge in [-0.15, -0.1) is 0 Å². The van der Waals surface area contributed by atoms with Crippen LogP contribution in [0.1, 0.15) is 16.7 Å². The molecule has 31 heavy (non-hydrogen) atoms. The molecule has 1 heterocycles. The van der Waals surface area contributed by atoms with Gasteiger partial charge in [-0.05, 0) is 44.3 Å².